The van der Waals surface area contributed by atoms with Gasteiger partial charge in [0.05, 0.1) is 29.4 Å². The van der Waals surface area contributed by atoms with Gasteiger partial charge in [0.2, 0.25) is 0 Å². The number of likely N-dealkylation sites (tertiary alicyclic amines) is 1. The first kappa shape index (κ1) is 33.3. The molecule has 0 spiro atoms. The Morgan fingerprint density at radius 1 is 1.00 bits per heavy atom. The molecule has 0 radical (unpaired) electrons. The van der Waals surface area contributed by atoms with Gasteiger partial charge in [0.25, 0.3) is 5.91 Å². The van der Waals surface area contributed by atoms with E-state index in [4.69, 9.17) is 4.74 Å². The monoisotopic (exact) mass is 642 g/mol. The smallest absolute Gasteiger partial charge is 0.416 e. The molecule has 44 heavy (non-hydrogen) atoms. The largest absolute Gasteiger partial charge is 0.489 e. The molecule has 238 valence electrons. The maximum absolute atomic E-state index is 13.5. The molecule has 1 heterocycles. The molecule has 14 heteroatoms. The molecule has 1 amide bonds. The van der Waals surface area contributed by atoms with Gasteiger partial charge in [0, 0.05) is 24.6 Å². The van der Waals surface area contributed by atoms with Crippen molar-refractivity contribution in [1.82, 2.24) is 10.2 Å². The minimum Gasteiger partial charge on any atom is -0.489 e. The van der Waals surface area contributed by atoms with E-state index in [2.05, 4.69) is 10.1 Å². The molecule has 3 aromatic carbocycles. The van der Waals surface area contributed by atoms with Crippen LogP contribution in [0.4, 0.5) is 22.0 Å². The number of rotatable bonds is 12. The Morgan fingerprint density at radius 3 is 2.16 bits per heavy atom. The molecule has 3 aromatic rings. The van der Waals surface area contributed by atoms with Gasteiger partial charge in [-0.1, -0.05) is 37.3 Å². The minimum absolute atomic E-state index is 0.00694. The molecular weight excluding hydrogens is 611 g/mol. The molecule has 4 rings (SSSR count). The Bertz CT molecular complexity index is 1510. The summed E-state index contributed by atoms with van der Waals surface area (Å²) in [6.07, 6.45) is -5.29. The summed E-state index contributed by atoms with van der Waals surface area (Å²) in [5.41, 5.74) is -2.18. The van der Waals surface area contributed by atoms with E-state index in [1.54, 1.807) is 18.2 Å². The van der Waals surface area contributed by atoms with Crippen LogP contribution in [-0.2, 0) is 26.4 Å². The van der Waals surface area contributed by atoms with Crippen LogP contribution in [0, 0.1) is 0 Å². The highest BCUT2D eigenvalue weighted by molar-refractivity contribution is 7.91. The van der Waals surface area contributed by atoms with Crippen LogP contribution in [0.3, 0.4) is 0 Å². The third kappa shape index (κ3) is 7.54. The highest BCUT2D eigenvalue weighted by atomic mass is 32.2. The topological polar surface area (TPSA) is 105 Å². The lowest BCUT2D eigenvalue weighted by Crippen LogP contribution is -2.62. The van der Waals surface area contributed by atoms with E-state index in [0.29, 0.717) is 0 Å². The van der Waals surface area contributed by atoms with Gasteiger partial charge in [-0.15, -0.1) is 0 Å². The van der Waals surface area contributed by atoms with Crippen molar-refractivity contribution >= 4 is 15.7 Å². The van der Waals surface area contributed by atoms with Crippen molar-refractivity contribution in [2.45, 2.75) is 48.8 Å². The van der Waals surface area contributed by atoms with Gasteiger partial charge in [-0.25, -0.2) is 8.42 Å². The molecule has 1 aliphatic rings. The van der Waals surface area contributed by atoms with Crippen molar-refractivity contribution in [2.24, 2.45) is 0 Å². The number of nitrogens with zero attached hydrogens (tertiary/aromatic N) is 1. The van der Waals surface area contributed by atoms with Gasteiger partial charge < -0.3 is 19.9 Å². The lowest BCUT2D eigenvalue weighted by molar-refractivity contribution is -0.147. The average molecular weight is 643 g/mol. The SMILES string of the molecule is CCS(=O)(=O)c1ccc([C@@](CO)(NC(=O)c2ccccc2)N2C[C@H](Oc3ccc(C(F)(F)F)cc3)C[C@@H]2COC(F)F)cc1. The van der Waals surface area contributed by atoms with Gasteiger partial charge in [-0.2, -0.15) is 22.0 Å². The van der Waals surface area contributed by atoms with Crippen LogP contribution >= 0.6 is 0 Å². The average Bonchev–Trinajstić information content (AvgIpc) is 3.41. The number of alkyl halides is 5. The Labute approximate surface area is 251 Å². The number of aliphatic hydroxyl groups excluding tert-OH is 1. The second-order valence-electron chi connectivity index (χ2n) is 10.2. The Morgan fingerprint density at radius 2 is 1.61 bits per heavy atom. The fourth-order valence-corrected chi connectivity index (χ4v) is 6.05. The zero-order valence-corrected chi connectivity index (χ0v) is 24.3. The number of carbonyl (C=O) groups excluding carboxylic acids is 1. The standard InChI is InChI=1S/C30H31F5N2O6S/c1-2-44(40,41)26-14-10-21(11-15-26)29(19-38,36-27(39)20-6-4-3-5-7-20)37-17-25(16-23(37)18-42-28(31)32)43-24-12-8-22(9-13-24)30(33,34)35/h3-15,23,25,28,38H,2,16-19H2,1H3,(H,36,39)/t23-,25-,29+/m1/s1. The minimum atomic E-state index is -4.55. The Hall–Kier alpha value is -3.59. The quantitative estimate of drug-likeness (QED) is 0.273. The molecule has 0 aliphatic carbocycles. The molecular formula is C30H31F5N2O6S. The molecule has 1 fully saturated rings. The molecule has 2 N–H and O–H groups in total. The number of carbonyl (C=O) groups is 1. The number of amides is 1. The van der Waals surface area contributed by atoms with Crippen molar-refractivity contribution in [3.63, 3.8) is 0 Å². The molecule has 0 saturated carbocycles. The van der Waals surface area contributed by atoms with Crippen LogP contribution in [0.15, 0.2) is 83.8 Å². The highest BCUT2D eigenvalue weighted by Crippen LogP contribution is 2.37. The summed E-state index contributed by atoms with van der Waals surface area (Å²) >= 11 is 0. The number of benzene rings is 3. The van der Waals surface area contributed by atoms with Gasteiger partial charge in [-0.3, -0.25) is 9.69 Å². The van der Waals surface area contributed by atoms with Crippen LogP contribution in [0.1, 0.15) is 34.8 Å². The predicted molar refractivity (Wildman–Crippen MR) is 150 cm³/mol. The van der Waals surface area contributed by atoms with E-state index in [9.17, 15) is 40.3 Å². The van der Waals surface area contributed by atoms with E-state index in [1.807, 2.05) is 0 Å². The molecule has 3 atom stereocenters. The Kier molecular flexibility index (Phi) is 10.3. The first-order valence-electron chi connectivity index (χ1n) is 13.6. The van der Waals surface area contributed by atoms with E-state index in [1.165, 1.54) is 48.2 Å². The summed E-state index contributed by atoms with van der Waals surface area (Å²) < 4.78 is 101. The van der Waals surface area contributed by atoms with E-state index >= 15 is 0 Å². The second kappa shape index (κ2) is 13.6. The van der Waals surface area contributed by atoms with Crippen molar-refractivity contribution in [3.05, 3.63) is 95.6 Å². The zero-order valence-electron chi connectivity index (χ0n) is 23.5. The maximum Gasteiger partial charge on any atom is 0.416 e. The van der Waals surface area contributed by atoms with Gasteiger partial charge in [0.15, 0.2) is 9.84 Å². The summed E-state index contributed by atoms with van der Waals surface area (Å²) in [5, 5.41) is 13.7. The van der Waals surface area contributed by atoms with Crippen LogP contribution in [-0.4, -0.2) is 68.6 Å². The summed E-state index contributed by atoms with van der Waals surface area (Å²) in [6, 6.07) is 16.6. The maximum atomic E-state index is 13.5. The second-order valence-corrected chi connectivity index (χ2v) is 12.4. The molecule has 0 unspecified atom stereocenters. The summed E-state index contributed by atoms with van der Waals surface area (Å²) in [4.78, 5) is 15.0. The number of halogens is 5. The van der Waals surface area contributed by atoms with Gasteiger partial charge in [-0.05, 0) is 54.1 Å². The first-order valence-corrected chi connectivity index (χ1v) is 15.3. The van der Waals surface area contributed by atoms with Crippen molar-refractivity contribution < 1.29 is 49.7 Å². The molecule has 1 saturated heterocycles. The summed E-state index contributed by atoms with van der Waals surface area (Å²) in [5.74, 6) is -0.689. The predicted octanol–water partition coefficient (Wildman–Crippen LogP) is 4.84. The highest BCUT2D eigenvalue weighted by Gasteiger charge is 2.49. The fraction of sp³-hybridized carbons (Fsp3) is 0.367. The molecule has 8 nitrogen and oxygen atoms in total. The van der Waals surface area contributed by atoms with Gasteiger partial charge >= 0.3 is 12.8 Å². The number of nitrogens with one attached hydrogen (secondary N) is 1. The third-order valence-electron chi connectivity index (χ3n) is 7.42. The molecule has 1 aliphatic heterocycles. The molecule has 0 bridgehead atoms. The van der Waals surface area contributed by atoms with Crippen LogP contribution < -0.4 is 10.1 Å². The van der Waals surface area contributed by atoms with Crippen LogP contribution in [0.5, 0.6) is 5.75 Å². The number of hydrogen-bond acceptors (Lipinski definition) is 7. The normalized spacial score (nSPS) is 19.1. The zero-order chi connectivity index (χ0) is 32.1. The van der Waals surface area contributed by atoms with Crippen LogP contribution in [0.2, 0.25) is 0 Å². The first-order chi connectivity index (χ1) is 20.8. The van der Waals surface area contributed by atoms with Crippen molar-refractivity contribution in [3.8, 4) is 5.75 Å². The van der Waals surface area contributed by atoms with E-state index < -0.39 is 65.1 Å². The molecule has 0 aromatic heterocycles. The summed E-state index contributed by atoms with van der Waals surface area (Å²) in [6.45, 7) is -3.05. The fourth-order valence-electron chi connectivity index (χ4n) is 5.17. The number of aliphatic hydroxyl groups is 1. The van der Waals surface area contributed by atoms with Crippen molar-refractivity contribution in [2.75, 3.05) is 25.5 Å². The third-order valence-corrected chi connectivity index (χ3v) is 9.17. The van der Waals surface area contributed by atoms with E-state index in [0.717, 1.165) is 24.3 Å². The number of hydrogen-bond donors (Lipinski definition) is 2. The van der Waals surface area contributed by atoms with Crippen molar-refractivity contribution in [1.29, 1.82) is 0 Å². The number of sulfone groups is 1. The lowest BCUT2D eigenvalue weighted by atomic mass is 9.96. The van der Waals surface area contributed by atoms with Gasteiger partial charge in [0.1, 0.15) is 17.5 Å². The lowest BCUT2D eigenvalue weighted by Gasteiger charge is -2.44. The van der Waals surface area contributed by atoms with E-state index in [-0.39, 0.29) is 40.5 Å². The number of ether oxygens (including phenoxy) is 2. The Balaban J connectivity index is 1.74. The summed E-state index contributed by atoms with van der Waals surface area (Å²) in [7, 11) is -3.59. The van der Waals surface area contributed by atoms with Crippen LogP contribution in [0.25, 0.3) is 0 Å².